The molecule has 0 amide bonds. The van der Waals surface area contributed by atoms with Crippen LogP contribution in [0.3, 0.4) is 0 Å². The van der Waals surface area contributed by atoms with Crippen LogP contribution in [0.4, 0.5) is 5.69 Å². The number of aromatic amines is 1. The molecule has 0 spiro atoms. The molecule has 24 heavy (non-hydrogen) atoms. The standard InChI is InChI=1S/C17H19N3O2S2/c1-11-6-5-7-14(10-11)20(4)24(21,22)16-9-8-15(23-16)17-12(2)13(3)18-19-17/h5-10H,1-4H3,(H,18,19). The number of sulfonamides is 1. The zero-order valence-corrected chi connectivity index (χ0v) is 15.6. The summed E-state index contributed by atoms with van der Waals surface area (Å²) in [4.78, 5) is 0.841. The van der Waals surface area contributed by atoms with Gasteiger partial charge >= 0.3 is 0 Å². The summed E-state index contributed by atoms with van der Waals surface area (Å²) in [7, 11) is -2.01. The Labute approximate surface area is 146 Å². The highest BCUT2D eigenvalue weighted by atomic mass is 32.2. The molecule has 0 aliphatic rings. The molecule has 0 saturated carbocycles. The van der Waals surface area contributed by atoms with E-state index in [9.17, 15) is 8.42 Å². The van der Waals surface area contributed by atoms with Crippen molar-refractivity contribution in [1.82, 2.24) is 10.2 Å². The number of nitrogens with one attached hydrogen (secondary N) is 1. The van der Waals surface area contributed by atoms with Crippen LogP contribution >= 0.6 is 11.3 Å². The molecular formula is C17H19N3O2S2. The molecular weight excluding hydrogens is 342 g/mol. The second-order valence-corrected chi connectivity index (χ2v) is 9.03. The molecule has 7 heteroatoms. The molecule has 0 fully saturated rings. The molecule has 0 atom stereocenters. The van der Waals surface area contributed by atoms with Gasteiger partial charge in [0.2, 0.25) is 0 Å². The van der Waals surface area contributed by atoms with Crippen LogP contribution in [0.25, 0.3) is 10.6 Å². The van der Waals surface area contributed by atoms with Crippen LogP contribution in [0.2, 0.25) is 0 Å². The van der Waals surface area contributed by atoms with E-state index in [1.165, 1.54) is 15.6 Å². The van der Waals surface area contributed by atoms with Gasteiger partial charge in [0.25, 0.3) is 10.0 Å². The van der Waals surface area contributed by atoms with Gasteiger partial charge in [-0.3, -0.25) is 9.40 Å². The quantitative estimate of drug-likeness (QED) is 0.767. The minimum atomic E-state index is -3.59. The van der Waals surface area contributed by atoms with Crippen LogP contribution in [0.1, 0.15) is 16.8 Å². The zero-order chi connectivity index (χ0) is 17.5. The van der Waals surface area contributed by atoms with E-state index in [0.717, 1.165) is 27.4 Å². The Balaban J connectivity index is 1.98. The highest BCUT2D eigenvalue weighted by Gasteiger charge is 2.24. The molecule has 0 aliphatic heterocycles. The third-order valence-electron chi connectivity index (χ3n) is 4.05. The lowest BCUT2D eigenvalue weighted by Gasteiger charge is -2.18. The fourth-order valence-electron chi connectivity index (χ4n) is 2.41. The molecule has 126 valence electrons. The number of benzene rings is 1. The smallest absolute Gasteiger partial charge is 0.273 e. The summed E-state index contributed by atoms with van der Waals surface area (Å²) < 4.78 is 27.4. The molecule has 1 N–H and O–H groups in total. The zero-order valence-electron chi connectivity index (χ0n) is 14.0. The third kappa shape index (κ3) is 2.85. The number of anilines is 1. The predicted molar refractivity (Wildman–Crippen MR) is 98.1 cm³/mol. The molecule has 2 heterocycles. The van der Waals surface area contributed by atoms with Crippen molar-refractivity contribution in [3.8, 4) is 10.6 Å². The van der Waals surface area contributed by atoms with Gasteiger partial charge in [-0.2, -0.15) is 5.10 Å². The minimum absolute atomic E-state index is 0.307. The molecule has 1 aromatic carbocycles. The maximum absolute atomic E-state index is 12.9. The topological polar surface area (TPSA) is 66.1 Å². The van der Waals surface area contributed by atoms with Crippen molar-refractivity contribution >= 4 is 27.0 Å². The SMILES string of the molecule is Cc1cccc(N(C)S(=O)(=O)c2ccc(-c3n[nH]c(C)c3C)s2)c1. The van der Waals surface area contributed by atoms with Gasteiger partial charge in [0.05, 0.1) is 10.6 Å². The highest BCUT2D eigenvalue weighted by molar-refractivity contribution is 7.94. The van der Waals surface area contributed by atoms with Gasteiger partial charge in [-0.25, -0.2) is 8.42 Å². The molecule has 3 rings (SSSR count). The Hall–Kier alpha value is -2.12. The molecule has 3 aromatic rings. The van der Waals surface area contributed by atoms with E-state index in [1.807, 2.05) is 45.0 Å². The lowest BCUT2D eigenvalue weighted by atomic mass is 10.2. The van der Waals surface area contributed by atoms with Crippen LogP contribution in [0.15, 0.2) is 40.6 Å². The number of thiophene rings is 1. The number of rotatable bonds is 4. The third-order valence-corrected chi connectivity index (χ3v) is 7.39. The van der Waals surface area contributed by atoms with E-state index < -0.39 is 10.0 Å². The van der Waals surface area contributed by atoms with Gasteiger partial charge in [0, 0.05) is 12.7 Å². The predicted octanol–water partition coefficient (Wildman–Crippen LogP) is 3.89. The Bertz CT molecular complexity index is 987. The summed E-state index contributed by atoms with van der Waals surface area (Å²) in [6, 6.07) is 10.9. The molecule has 2 aromatic heterocycles. The Morgan fingerprint density at radius 1 is 1.12 bits per heavy atom. The van der Waals surface area contributed by atoms with Crippen molar-refractivity contribution in [3.63, 3.8) is 0 Å². The maximum Gasteiger partial charge on any atom is 0.273 e. The van der Waals surface area contributed by atoms with Crippen molar-refractivity contribution in [2.24, 2.45) is 0 Å². The minimum Gasteiger partial charge on any atom is -0.282 e. The first-order chi connectivity index (χ1) is 11.3. The second-order valence-electron chi connectivity index (χ2n) is 5.75. The van der Waals surface area contributed by atoms with E-state index in [2.05, 4.69) is 10.2 Å². The summed E-state index contributed by atoms with van der Waals surface area (Å²) in [5, 5.41) is 7.21. The number of H-pyrrole nitrogens is 1. The van der Waals surface area contributed by atoms with Gasteiger partial charge in [-0.15, -0.1) is 11.3 Å². The van der Waals surface area contributed by atoms with E-state index in [1.54, 1.807) is 19.2 Å². The van der Waals surface area contributed by atoms with Gasteiger partial charge in [-0.1, -0.05) is 12.1 Å². The van der Waals surface area contributed by atoms with Gasteiger partial charge in [-0.05, 0) is 56.2 Å². The van der Waals surface area contributed by atoms with Crippen molar-refractivity contribution in [1.29, 1.82) is 0 Å². The van der Waals surface area contributed by atoms with Crippen LogP contribution in [0.5, 0.6) is 0 Å². The first-order valence-corrected chi connectivity index (χ1v) is 9.73. The highest BCUT2D eigenvalue weighted by Crippen LogP contribution is 2.34. The van der Waals surface area contributed by atoms with Crippen LogP contribution in [0, 0.1) is 20.8 Å². The molecule has 0 radical (unpaired) electrons. The van der Waals surface area contributed by atoms with E-state index in [-0.39, 0.29) is 0 Å². The molecule has 5 nitrogen and oxygen atoms in total. The van der Waals surface area contributed by atoms with Crippen molar-refractivity contribution in [2.75, 3.05) is 11.4 Å². The Kier molecular flexibility index (Phi) is 4.23. The number of nitrogens with zero attached hydrogens (tertiary/aromatic N) is 2. The summed E-state index contributed by atoms with van der Waals surface area (Å²) in [5.41, 5.74) is 4.49. The van der Waals surface area contributed by atoms with Crippen LogP contribution in [-0.2, 0) is 10.0 Å². The fourth-order valence-corrected chi connectivity index (χ4v) is 5.12. The summed E-state index contributed by atoms with van der Waals surface area (Å²) in [5.74, 6) is 0. The normalized spacial score (nSPS) is 11.7. The largest absolute Gasteiger partial charge is 0.282 e. The van der Waals surface area contributed by atoms with Crippen molar-refractivity contribution < 1.29 is 8.42 Å². The Morgan fingerprint density at radius 2 is 1.88 bits per heavy atom. The number of hydrogen-bond acceptors (Lipinski definition) is 4. The first-order valence-electron chi connectivity index (χ1n) is 7.48. The monoisotopic (exact) mass is 361 g/mol. The summed E-state index contributed by atoms with van der Waals surface area (Å²) in [6.07, 6.45) is 0. The first kappa shape index (κ1) is 16.7. The number of aromatic nitrogens is 2. The van der Waals surface area contributed by atoms with Crippen molar-refractivity contribution in [3.05, 3.63) is 53.2 Å². The average molecular weight is 361 g/mol. The average Bonchev–Trinajstić information content (AvgIpc) is 3.15. The van der Waals surface area contributed by atoms with E-state index in [4.69, 9.17) is 0 Å². The van der Waals surface area contributed by atoms with Gasteiger partial charge < -0.3 is 0 Å². The maximum atomic E-state index is 12.9. The lowest BCUT2D eigenvalue weighted by molar-refractivity contribution is 0.596. The fraction of sp³-hybridized carbons (Fsp3) is 0.235. The molecule has 0 aliphatic carbocycles. The lowest BCUT2D eigenvalue weighted by Crippen LogP contribution is -2.25. The van der Waals surface area contributed by atoms with Gasteiger partial charge in [0.15, 0.2) is 0 Å². The number of hydrogen-bond donors (Lipinski definition) is 1. The molecule has 0 unspecified atom stereocenters. The van der Waals surface area contributed by atoms with E-state index >= 15 is 0 Å². The van der Waals surface area contributed by atoms with Crippen molar-refractivity contribution in [2.45, 2.75) is 25.0 Å². The summed E-state index contributed by atoms with van der Waals surface area (Å²) >= 11 is 1.24. The van der Waals surface area contributed by atoms with Crippen LogP contribution in [-0.4, -0.2) is 25.7 Å². The molecule has 0 saturated heterocycles. The number of aryl methyl sites for hydroxylation is 2. The Morgan fingerprint density at radius 3 is 2.50 bits per heavy atom. The molecule has 0 bridgehead atoms. The second kappa shape index (κ2) is 6.07. The van der Waals surface area contributed by atoms with E-state index in [0.29, 0.717) is 9.90 Å². The summed E-state index contributed by atoms with van der Waals surface area (Å²) in [6.45, 7) is 5.86. The van der Waals surface area contributed by atoms with Crippen LogP contribution < -0.4 is 4.31 Å². The van der Waals surface area contributed by atoms with Gasteiger partial charge in [0.1, 0.15) is 9.90 Å².